The minimum atomic E-state index is -0.863. The van der Waals surface area contributed by atoms with E-state index in [1.807, 2.05) is 12.1 Å². The first-order valence-electron chi connectivity index (χ1n) is 12.9. The molecular weight excluding hydrogens is 512 g/mol. The highest BCUT2D eigenvalue weighted by Crippen LogP contribution is 2.29. The lowest BCUT2D eigenvalue weighted by Gasteiger charge is -2.54. The second-order valence-corrected chi connectivity index (χ2v) is 10.1. The highest BCUT2D eigenvalue weighted by atomic mass is 19.1. The van der Waals surface area contributed by atoms with Gasteiger partial charge in [-0.25, -0.2) is 19.2 Å². The number of benzene rings is 3. The molecule has 11 heteroatoms. The zero-order valence-electron chi connectivity index (χ0n) is 22.0. The van der Waals surface area contributed by atoms with Crippen LogP contribution in [0.2, 0.25) is 0 Å². The van der Waals surface area contributed by atoms with Gasteiger partial charge in [0.15, 0.2) is 0 Å². The van der Waals surface area contributed by atoms with Gasteiger partial charge in [0.2, 0.25) is 11.8 Å². The molecule has 0 unspecified atom stereocenters. The largest absolute Gasteiger partial charge is 0.508 e. The average molecular weight is 541 g/mol. The fourth-order valence-corrected chi connectivity index (χ4v) is 5.28. The maximum atomic E-state index is 13.9. The van der Waals surface area contributed by atoms with Gasteiger partial charge in [0, 0.05) is 26.6 Å². The predicted octanol–water partition coefficient (Wildman–Crippen LogP) is 1.51. The number of urea groups is 1. The van der Waals surface area contributed by atoms with Gasteiger partial charge in [0.05, 0.1) is 13.1 Å². The van der Waals surface area contributed by atoms with Gasteiger partial charge in [-0.15, -0.1) is 0 Å². The molecule has 9 nitrogen and oxygen atoms in total. The predicted molar refractivity (Wildman–Crippen MR) is 147 cm³/mol. The van der Waals surface area contributed by atoms with Crippen molar-refractivity contribution in [1.29, 1.82) is 0 Å². The van der Waals surface area contributed by atoms with E-state index < -0.39 is 18.2 Å². The molecule has 2 N–H and O–H groups in total. The fraction of sp³-hybridized carbons (Fsp3) is 0.276. The number of aromatic hydroxyl groups is 1. The molecule has 2 aliphatic heterocycles. The van der Waals surface area contributed by atoms with E-state index in [2.05, 4.69) is 5.32 Å². The van der Waals surface area contributed by atoms with Crippen molar-refractivity contribution in [2.45, 2.75) is 31.7 Å². The van der Waals surface area contributed by atoms with Crippen molar-refractivity contribution in [3.63, 3.8) is 0 Å². The summed E-state index contributed by atoms with van der Waals surface area (Å²) in [4.78, 5) is 43.9. The van der Waals surface area contributed by atoms with Crippen molar-refractivity contribution in [1.82, 2.24) is 25.1 Å². The molecule has 40 heavy (non-hydrogen) atoms. The number of hydrazine groups is 1. The van der Waals surface area contributed by atoms with E-state index in [0.717, 1.165) is 16.7 Å². The third-order valence-corrected chi connectivity index (χ3v) is 7.19. The van der Waals surface area contributed by atoms with Crippen LogP contribution in [0.4, 0.5) is 9.18 Å². The lowest BCUT2D eigenvalue weighted by molar-refractivity contribution is -0.187. The monoisotopic (exact) mass is 541 g/mol. The van der Waals surface area contributed by atoms with E-state index in [4.69, 9.17) is 7.85 Å². The average Bonchev–Trinajstić information content (AvgIpc) is 2.91. The van der Waals surface area contributed by atoms with Gasteiger partial charge >= 0.3 is 6.03 Å². The smallest absolute Gasteiger partial charge is 0.334 e. The molecule has 2 fully saturated rings. The molecule has 3 aromatic rings. The lowest BCUT2D eigenvalue weighted by atomic mass is 9.94. The van der Waals surface area contributed by atoms with E-state index in [1.54, 1.807) is 53.4 Å². The first kappa shape index (κ1) is 27.2. The third kappa shape index (κ3) is 5.79. The number of likely N-dealkylation sites (N-methyl/N-ethyl adjacent to an activating group) is 1. The molecule has 5 rings (SSSR count). The minimum absolute atomic E-state index is 0.0882. The van der Waals surface area contributed by atoms with Crippen LogP contribution in [0.3, 0.4) is 0 Å². The number of carbonyl (C=O) groups excluding carboxylic acids is 3. The molecule has 0 spiro atoms. The van der Waals surface area contributed by atoms with Gasteiger partial charge in [-0.2, -0.15) is 0 Å². The summed E-state index contributed by atoms with van der Waals surface area (Å²) in [6.45, 7) is 0.422. The molecular formula is C29H29BFN5O4. The van der Waals surface area contributed by atoms with Crippen molar-refractivity contribution in [3.8, 4) is 5.75 Å². The third-order valence-electron chi connectivity index (χ3n) is 7.19. The Balaban J connectivity index is 1.45. The van der Waals surface area contributed by atoms with Gasteiger partial charge < -0.3 is 20.2 Å². The number of rotatable bonds is 6. The Morgan fingerprint density at radius 1 is 1.02 bits per heavy atom. The van der Waals surface area contributed by atoms with Gasteiger partial charge in [-0.1, -0.05) is 54.0 Å². The maximum absolute atomic E-state index is 13.9. The van der Waals surface area contributed by atoms with Crippen LogP contribution in [0.25, 0.3) is 0 Å². The first-order valence-corrected chi connectivity index (χ1v) is 12.9. The van der Waals surface area contributed by atoms with Crippen LogP contribution in [0.15, 0.2) is 72.8 Å². The van der Waals surface area contributed by atoms with Crippen LogP contribution >= 0.6 is 0 Å². The summed E-state index contributed by atoms with van der Waals surface area (Å²) in [7, 11) is 7.62. The van der Waals surface area contributed by atoms with Crippen molar-refractivity contribution in [3.05, 3.63) is 95.3 Å². The van der Waals surface area contributed by atoms with Crippen molar-refractivity contribution < 1.29 is 23.9 Å². The van der Waals surface area contributed by atoms with Crippen LogP contribution in [0.5, 0.6) is 5.75 Å². The van der Waals surface area contributed by atoms with Crippen molar-refractivity contribution in [2.24, 2.45) is 0 Å². The lowest BCUT2D eigenvalue weighted by Crippen LogP contribution is -2.76. The molecule has 0 saturated carbocycles. The highest BCUT2D eigenvalue weighted by Gasteiger charge is 2.50. The fourth-order valence-electron chi connectivity index (χ4n) is 5.28. The summed E-state index contributed by atoms with van der Waals surface area (Å²) in [5, 5.41) is 15.6. The Morgan fingerprint density at radius 3 is 2.42 bits per heavy atom. The molecule has 0 bridgehead atoms. The first-order chi connectivity index (χ1) is 19.2. The minimum Gasteiger partial charge on any atom is -0.508 e. The standard InChI is InChI=1S/C29H29BFN5O4/c1-33-18-27(38)35-25(14-19-7-11-24(37)12-8-19)28(39)34(16-21-3-2-4-22(30)13-21)17-26(35)36(33)29(40)32-15-20-5-9-23(31)10-6-20/h2-13,25-26,37H,14-18H2,1H3,(H,32,40)/t25-,26-/m0/s1. The van der Waals surface area contributed by atoms with E-state index in [9.17, 15) is 23.9 Å². The van der Waals surface area contributed by atoms with Gasteiger partial charge in [0.25, 0.3) is 0 Å². The number of halogens is 1. The number of hydrogen-bond acceptors (Lipinski definition) is 5. The maximum Gasteiger partial charge on any atom is 0.334 e. The summed E-state index contributed by atoms with van der Waals surface area (Å²) in [6, 6.07) is 18.2. The molecule has 0 aromatic heterocycles. The van der Waals surface area contributed by atoms with E-state index in [-0.39, 0.29) is 56.0 Å². The number of nitrogens with one attached hydrogen (secondary N) is 1. The second kappa shape index (κ2) is 11.4. The number of hydrogen-bond donors (Lipinski definition) is 2. The Kier molecular flexibility index (Phi) is 7.75. The molecule has 2 saturated heterocycles. The van der Waals surface area contributed by atoms with Gasteiger partial charge in [0.1, 0.15) is 31.6 Å². The summed E-state index contributed by atoms with van der Waals surface area (Å²) in [5.41, 5.74) is 2.88. The normalized spacial score (nSPS) is 19.5. The SMILES string of the molecule is [B]c1cccc(CN2C[C@H]3N(C(=O)CN(C)N3C(=O)NCc3ccc(F)cc3)[C@@H](Cc3ccc(O)cc3)C2=O)c1. The van der Waals surface area contributed by atoms with E-state index >= 15 is 0 Å². The number of amides is 4. The quantitative estimate of drug-likeness (QED) is 0.462. The van der Waals surface area contributed by atoms with Crippen molar-refractivity contribution >= 4 is 31.2 Å². The molecule has 2 aliphatic rings. The van der Waals surface area contributed by atoms with Crippen LogP contribution in [0.1, 0.15) is 16.7 Å². The molecule has 2 heterocycles. The van der Waals surface area contributed by atoms with E-state index in [0.29, 0.717) is 5.46 Å². The second-order valence-electron chi connectivity index (χ2n) is 10.1. The Labute approximate surface area is 233 Å². The summed E-state index contributed by atoms with van der Waals surface area (Å²) < 4.78 is 13.3. The number of nitrogens with zero attached hydrogens (tertiary/aromatic N) is 4. The van der Waals surface area contributed by atoms with E-state index in [1.165, 1.54) is 34.2 Å². The number of carbonyl (C=O) groups is 3. The highest BCUT2D eigenvalue weighted by molar-refractivity contribution is 6.32. The van der Waals surface area contributed by atoms with Crippen LogP contribution in [-0.2, 0) is 29.1 Å². The van der Waals surface area contributed by atoms with Gasteiger partial charge in [-0.3, -0.25) is 9.59 Å². The van der Waals surface area contributed by atoms with Crippen LogP contribution in [-0.4, -0.2) is 83.0 Å². The van der Waals surface area contributed by atoms with Gasteiger partial charge in [-0.05, 0) is 41.0 Å². The molecule has 204 valence electrons. The topological polar surface area (TPSA) is 96.4 Å². The number of phenolic OH excluding ortho intramolecular Hbond substituents is 1. The molecule has 4 amide bonds. The summed E-state index contributed by atoms with van der Waals surface area (Å²) in [6.07, 6.45) is -0.552. The number of fused-ring (bicyclic) bond motifs is 1. The van der Waals surface area contributed by atoms with Crippen LogP contribution in [0, 0.1) is 5.82 Å². The zero-order valence-corrected chi connectivity index (χ0v) is 22.0. The molecule has 3 aromatic carbocycles. The Hall–Kier alpha value is -4.38. The molecule has 2 atom stereocenters. The Bertz CT molecular complexity index is 1400. The number of piperazine rings is 1. The summed E-state index contributed by atoms with van der Waals surface area (Å²) in [5.74, 6) is -0.779. The molecule has 0 aliphatic carbocycles. The number of phenols is 1. The van der Waals surface area contributed by atoms with Crippen LogP contribution < -0.4 is 10.8 Å². The Morgan fingerprint density at radius 2 is 1.73 bits per heavy atom. The van der Waals surface area contributed by atoms with Crippen molar-refractivity contribution in [2.75, 3.05) is 20.1 Å². The molecule has 2 radical (unpaired) electrons. The summed E-state index contributed by atoms with van der Waals surface area (Å²) >= 11 is 0. The zero-order chi connectivity index (χ0) is 28.4.